The molecular formula is C19H30O2Si. The van der Waals surface area contributed by atoms with Gasteiger partial charge < -0.3 is 8.85 Å². The summed E-state index contributed by atoms with van der Waals surface area (Å²) in [6, 6.07) is 10.5. The highest BCUT2D eigenvalue weighted by Gasteiger charge is 2.59. The zero-order chi connectivity index (χ0) is 16.4. The molecule has 1 aromatic rings. The van der Waals surface area contributed by atoms with Crippen molar-refractivity contribution < 1.29 is 8.85 Å². The van der Waals surface area contributed by atoms with Gasteiger partial charge in [-0.3, -0.25) is 0 Å². The van der Waals surface area contributed by atoms with Crippen LogP contribution in [0.2, 0.25) is 10.1 Å². The van der Waals surface area contributed by atoms with Gasteiger partial charge >= 0.3 is 8.56 Å². The Labute approximate surface area is 136 Å². The van der Waals surface area contributed by atoms with E-state index in [2.05, 4.69) is 84.0 Å². The summed E-state index contributed by atoms with van der Waals surface area (Å²) in [7, 11) is -2.47. The minimum Gasteiger partial charge on any atom is -0.390 e. The van der Waals surface area contributed by atoms with Gasteiger partial charge in [0.15, 0.2) is 0 Å². The third-order valence-electron chi connectivity index (χ3n) is 4.35. The van der Waals surface area contributed by atoms with E-state index in [4.69, 9.17) is 8.85 Å². The Balaban J connectivity index is 2.47. The van der Waals surface area contributed by atoms with Crippen molar-refractivity contribution in [1.82, 2.24) is 0 Å². The van der Waals surface area contributed by atoms with Crippen molar-refractivity contribution in [3.05, 3.63) is 48.0 Å². The smallest absolute Gasteiger partial charge is 0.350 e. The summed E-state index contributed by atoms with van der Waals surface area (Å²) in [6.07, 6.45) is 5.32. The molecule has 1 heterocycles. The molecule has 22 heavy (non-hydrogen) atoms. The van der Waals surface area contributed by atoms with E-state index in [9.17, 15) is 0 Å². The van der Waals surface area contributed by atoms with Crippen LogP contribution in [-0.2, 0) is 8.85 Å². The van der Waals surface area contributed by atoms with E-state index in [1.54, 1.807) is 0 Å². The van der Waals surface area contributed by atoms with Crippen molar-refractivity contribution in [3.8, 4) is 0 Å². The molecule has 0 aliphatic carbocycles. The lowest BCUT2D eigenvalue weighted by atomic mass is 10.1. The highest BCUT2D eigenvalue weighted by Crippen LogP contribution is 2.54. The molecule has 2 nitrogen and oxygen atoms in total. The normalized spacial score (nSPS) is 24.4. The lowest BCUT2D eigenvalue weighted by Gasteiger charge is -2.51. The van der Waals surface area contributed by atoms with E-state index in [0.717, 1.165) is 6.42 Å². The predicted molar refractivity (Wildman–Crippen MR) is 95.2 cm³/mol. The third-order valence-corrected chi connectivity index (χ3v) is 9.49. The number of rotatable bonds is 1. The van der Waals surface area contributed by atoms with Crippen molar-refractivity contribution in [2.24, 2.45) is 0 Å². The molecule has 1 aromatic carbocycles. The Morgan fingerprint density at radius 1 is 0.909 bits per heavy atom. The second-order valence-corrected chi connectivity index (χ2v) is 12.9. The first kappa shape index (κ1) is 17.5. The summed E-state index contributed by atoms with van der Waals surface area (Å²) in [5.74, 6) is 0. The van der Waals surface area contributed by atoms with Gasteiger partial charge in [0.05, 0.1) is 12.7 Å². The standard InChI is InChI=1S/C19H30O2Si/c1-18(2,3)22(19(4,5)6)20-15-11-10-14-17(21-22)16-12-8-7-9-13-16/h7-13,17H,14-15H2,1-6H3/b11-10+/t17-/m0/s1. The maximum absolute atomic E-state index is 6.86. The van der Waals surface area contributed by atoms with Crippen LogP contribution in [-0.4, -0.2) is 15.2 Å². The third kappa shape index (κ3) is 3.37. The number of hydrogen-bond donors (Lipinski definition) is 0. The molecule has 0 radical (unpaired) electrons. The SMILES string of the molecule is CC(C)(C)[Si]1(C(C)(C)C)OC/C=C/C[C@@H](c2ccccc2)O1. The van der Waals surface area contributed by atoms with Crippen LogP contribution in [0.1, 0.15) is 59.6 Å². The van der Waals surface area contributed by atoms with Crippen LogP contribution < -0.4 is 0 Å². The highest BCUT2D eigenvalue weighted by atomic mass is 28.4. The molecule has 0 spiro atoms. The summed E-state index contributed by atoms with van der Waals surface area (Å²) in [5, 5.41) is 0.00687. The lowest BCUT2D eigenvalue weighted by Crippen LogP contribution is -2.58. The van der Waals surface area contributed by atoms with E-state index in [1.165, 1.54) is 5.56 Å². The van der Waals surface area contributed by atoms with E-state index in [1.807, 2.05) is 0 Å². The summed E-state index contributed by atoms with van der Waals surface area (Å²) in [5.41, 5.74) is 1.24. The van der Waals surface area contributed by atoms with Crippen molar-refractivity contribution >= 4 is 8.56 Å². The van der Waals surface area contributed by atoms with Crippen LogP contribution in [0.25, 0.3) is 0 Å². The summed E-state index contributed by atoms with van der Waals surface area (Å²) in [6.45, 7) is 14.2. The first-order valence-electron chi connectivity index (χ1n) is 8.19. The zero-order valence-electron chi connectivity index (χ0n) is 14.8. The van der Waals surface area contributed by atoms with Gasteiger partial charge in [-0.25, -0.2) is 0 Å². The monoisotopic (exact) mass is 318 g/mol. The maximum atomic E-state index is 6.86. The Morgan fingerprint density at radius 2 is 1.50 bits per heavy atom. The van der Waals surface area contributed by atoms with Crippen molar-refractivity contribution in [2.45, 2.75) is 64.1 Å². The van der Waals surface area contributed by atoms with Crippen LogP contribution in [0.4, 0.5) is 0 Å². The lowest BCUT2D eigenvalue weighted by molar-refractivity contribution is 0.0831. The van der Waals surface area contributed by atoms with Crippen molar-refractivity contribution in [1.29, 1.82) is 0 Å². The van der Waals surface area contributed by atoms with E-state index in [0.29, 0.717) is 6.61 Å². The van der Waals surface area contributed by atoms with Crippen LogP contribution in [0, 0.1) is 0 Å². The van der Waals surface area contributed by atoms with Crippen molar-refractivity contribution in [3.63, 3.8) is 0 Å². The first-order chi connectivity index (χ1) is 10.2. The molecule has 0 bridgehead atoms. The van der Waals surface area contributed by atoms with Gasteiger partial charge in [-0.1, -0.05) is 84.0 Å². The van der Waals surface area contributed by atoms with Crippen LogP contribution >= 0.6 is 0 Å². The quantitative estimate of drug-likeness (QED) is 0.484. The van der Waals surface area contributed by atoms with Gasteiger partial charge in [-0.2, -0.15) is 0 Å². The van der Waals surface area contributed by atoms with Crippen LogP contribution in [0.3, 0.4) is 0 Å². The molecule has 0 unspecified atom stereocenters. The Bertz CT molecular complexity index is 494. The second-order valence-electron chi connectivity index (χ2n) is 8.15. The van der Waals surface area contributed by atoms with Gasteiger partial charge in [-0.05, 0) is 12.0 Å². The molecule has 1 aliphatic rings. The van der Waals surface area contributed by atoms with E-state index < -0.39 is 8.56 Å². The molecule has 0 saturated heterocycles. The molecule has 0 amide bonds. The summed E-state index contributed by atoms with van der Waals surface area (Å²) in [4.78, 5) is 0. The van der Waals surface area contributed by atoms with Gasteiger partial charge in [0.2, 0.25) is 0 Å². The molecule has 1 atom stereocenters. The van der Waals surface area contributed by atoms with Gasteiger partial charge in [0.1, 0.15) is 0 Å². The van der Waals surface area contributed by atoms with E-state index in [-0.39, 0.29) is 16.2 Å². The van der Waals surface area contributed by atoms with Gasteiger partial charge in [-0.15, -0.1) is 0 Å². The Morgan fingerprint density at radius 3 is 2.05 bits per heavy atom. The fraction of sp³-hybridized carbons (Fsp3) is 0.579. The fourth-order valence-electron chi connectivity index (χ4n) is 3.52. The number of hydrogen-bond acceptors (Lipinski definition) is 2. The zero-order valence-corrected chi connectivity index (χ0v) is 15.8. The molecule has 2 rings (SSSR count). The van der Waals surface area contributed by atoms with Gasteiger partial charge in [0, 0.05) is 10.1 Å². The molecule has 3 heteroatoms. The molecule has 1 aliphatic heterocycles. The number of benzene rings is 1. The van der Waals surface area contributed by atoms with Crippen molar-refractivity contribution in [2.75, 3.05) is 6.61 Å². The fourth-order valence-corrected chi connectivity index (χ4v) is 8.37. The largest absolute Gasteiger partial charge is 0.390 e. The second kappa shape index (κ2) is 6.30. The molecule has 0 fully saturated rings. The van der Waals surface area contributed by atoms with Gasteiger partial charge in [0.25, 0.3) is 0 Å². The molecule has 0 aromatic heterocycles. The Hall–Kier alpha value is -0.903. The van der Waals surface area contributed by atoms with E-state index >= 15 is 0 Å². The minimum atomic E-state index is -2.47. The minimum absolute atomic E-state index is 0.00343. The molecule has 122 valence electrons. The maximum Gasteiger partial charge on any atom is 0.350 e. The van der Waals surface area contributed by atoms with Crippen LogP contribution in [0.15, 0.2) is 42.5 Å². The molecular weight excluding hydrogens is 288 g/mol. The average molecular weight is 319 g/mol. The molecule has 0 N–H and O–H groups in total. The summed E-state index contributed by atoms with van der Waals surface area (Å²) >= 11 is 0. The highest BCUT2D eigenvalue weighted by molar-refractivity contribution is 6.73. The first-order valence-corrected chi connectivity index (χ1v) is 10.0. The topological polar surface area (TPSA) is 18.5 Å². The summed E-state index contributed by atoms with van der Waals surface area (Å²) < 4.78 is 13.3. The predicted octanol–water partition coefficient (Wildman–Crippen LogP) is 5.76. The molecule has 0 saturated carbocycles. The Kier molecular flexibility index (Phi) is 5.00. The van der Waals surface area contributed by atoms with Crippen LogP contribution in [0.5, 0.6) is 0 Å². The average Bonchev–Trinajstić information content (AvgIpc) is 2.36.